The smallest absolute Gasteiger partial charge is 0.169 e. The SMILES string of the molecule is CCSC(c1c(O)cc(C)c(OC)c1OC)C(C)C. The largest absolute Gasteiger partial charge is 0.507 e. The Morgan fingerprint density at radius 3 is 2.21 bits per heavy atom. The van der Waals surface area contributed by atoms with Gasteiger partial charge in [0.25, 0.3) is 0 Å². The van der Waals surface area contributed by atoms with E-state index in [0.717, 1.165) is 16.9 Å². The molecule has 0 bridgehead atoms. The van der Waals surface area contributed by atoms with Crippen molar-refractivity contribution in [3.8, 4) is 17.2 Å². The normalized spacial score (nSPS) is 12.6. The number of rotatable bonds is 6. The number of hydrogen-bond donors (Lipinski definition) is 1. The molecule has 0 fully saturated rings. The van der Waals surface area contributed by atoms with E-state index in [1.807, 2.05) is 18.7 Å². The molecule has 0 radical (unpaired) electrons. The predicted molar refractivity (Wildman–Crippen MR) is 81.7 cm³/mol. The summed E-state index contributed by atoms with van der Waals surface area (Å²) in [6.45, 7) is 8.33. The highest BCUT2D eigenvalue weighted by molar-refractivity contribution is 7.99. The van der Waals surface area contributed by atoms with Crippen LogP contribution in [0, 0.1) is 12.8 Å². The zero-order chi connectivity index (χ0) is 14.6. The molecule has 1 aromatic carbocycles. The summed E-state index contributed by atoms with van der Waals surface area (Å²) in [7, 11) is 3.25. The number of phenolic OH excluding ortho intramolecular Hbond substituents is 1. The Labute approximate surface area is 120 Å². The van der Waals surface area contributed by atoms with Crippen LogP contribution in [0.1, 0.15) is 37.1 Å². The number of aromatic hydroxyl groups is 1. The lowest BCUT2D eigenvalue weighted by Crippen LogP contribution is -2.07. The number of phenols is 1. The van der Waals surface area contributed by atoms with E-state index in [-0.39, 0.29) is 11.0 Å². The summed E-state index contributed by atoms with van der Waals surface area (Å²) in [5, 5.41) is 10.5. The van der Waals surface area contributed by atoms with Gasteiger partial charge in [-0.3, -0.25) is 0 Å². The molecule has 0 aliphatic heterocycles. The van der Waals surface area contributed by atoms with Gasteiger partial charge < -0.3 is 14.6 Å². The molecule has 0 saturated heterocycles. The topological polar surface area (TPSA) is 38.7 Å². The molecule has 108 valence electrons. The van der Waals surface area contributed by atoms with Crippen LogP contribution in [0.5, 0.6) is 17.2 Å². The van der Waals surface area contributed by atoms with Crippen molar-refractivity contribution in [2.75, 3.05) is 20.0 Å². The maximum absolute atomic E-state index is 10.3. The number of benzene rings is 1. The average Bonchev–Trinajstić information content (AvgIpc) is 2.35. The summed E-state index contributed by atoms with van der Waals surface area (Å²) < 4.78 is 10.9. The average molecular weight is 284 g/mol. The Hall–Kier alpha value is -1.03. The highest BCUT2D eigenvalue weighted by atomic mass is 32.2. The molecule has 0 aromatic heterocycles. The molecule has 1 N–H and O–H groups in total. The van der Waals surface area contributed by atoms with Gasteiger partial charge in [0.2, 0.25) is 0 Å². The molecule has 0 heterocycles. The predicted octanol–water partition coefficient (Wildman–Crippen LogP) is 4.17. The Morgan fingerprint density at radius 2 is 1.79 bits per heavy atom. The van der Waals surface area contributed by atoms with Crippen molar-refractivity contribution >= 4 is 11.8 Å². The fourth-order valence-electron chi connectivity index (χ4n) is 2.29. The first-order valence-corrected chi connectivity index (χ1v) is 7.58. The van der Waals surface area contributed by atoms with Crippen molar-refractivity contribution in [1.29, 1.82) is 0 Å². The van der Waals surface area contributed by atoms with E-state index in [1.165, 1.54) is 0 Å². The summed E-state index contributed by atoms with van der Waals surface area (Å²) in [6.07, 6.45) is 0. The van der Waals surface area contributed by atoms with Gasteiger partial charge in [-0.2, -0.15) is 11.8 Å². The molecular weight excluding hydrogens is 260 g/mol. The summed E-state index contributed by atoms with van der Waals surface area (Å²) in [4.78, 5) is 0. The summed E-state index contributed by atoms with van der Waals surface area (Å²) in [5.41, 5.74) is 1.72. The molecule has 3 nitrogen and oxygen atoms in total. The fourth-order valence-corrected chi connectivity index (χ4v) is 3.42. The fraction of sp³-hybridized carbons (Fsp3) is 0.600. The van der Waals surface area contributed by atoms with Crippen molar-refractivity contribution in [2.45, 2.75) is 32.9 Å². The van der Waals surface area contributed by atoms with E-state index >= 15 is 0 Å². The number of hydrogen-bond acceptors (Lipinski definition) is 4. The van der Waals surface area contributed by atoms with Gasteiger partial charge in [-0.1, -0.05) is 20.8 Å². The Balaban J connectivity index is 3.46. The lowest BCUT2D eigenvalue weighted by atomic mass is 9.98. The maximum Gasteiger partial charge on any atom is 0.169 e. The van der Waals surface area contributed by atoms with Crippen LogP contribution in [-0.4, -0.2) is 25.1 Å². The first-order chi connectivity index (χ1) is 8.97. The van der Waals surface area contributed by atoms with E-state index < -0.39 is 0 Å². The van der Waals surface area contributed by atoms with Gasteiger partial charge in [-0.25, -0.2) is 0 Å². The molecule has 19 heavy (non-hydrogen) atoms. The molecule has 1 atom stereocenters. The van der Waals surface area contributed by atoms with E-state index in [0.29, 0.717) is 17.4 Å². The lowest BCUT2D eigenvalue weighted by Gasteiger charge is -2.25. The third kappa shape index (κ3) is 3.30. The first kappa shape index (κ1) is 16.0. The molecule has 1 unspecified atom stereocenters. The zero-order valence-electron chi connectivity index (χ0n) is 12.6. The molecule has 0 aliphatic rings. The minimum Gasteiger partial charge on any atom is -0.507 e. The van der Waals surface area contributed by atoms with Crippen LogP contribution in [0.4, 0.5) is 0 Å². The van der Waals surface area contributed by atoms with Crippen molar-refractivity contribution in [1.82, 2.24) is 0 Å². The minimum atomic E-state index is 0.189. The molecule has 1 aromatic rings. The van der Waals surface area contributed by atoms with Crippen molar-refractivity contribution in [2.24, 2.45) is 5.92 Å². The van der Waals surface area contributed by atoms with Crippen LogP contribution < -0.4 is 9.47 Å². The molecule has 0 saturated carbocycles. The Kier molecular flexibility index (Phi) is 5.85. The first-order valence-electron chi connectivity index (χ1n) is 6.53. The number of methoxy groups -OCH3 is 2. The summed E-state index contributed by atoms with van der Waals surface area (Å²) in [6, 6.07) is 1.75. The third-order valence-corrected chi connectivity index (χ3v) is 4.56. The number of ether oxygens (including phenoxy) is 2. The monoisotopic (exact) mass is 284 g/mol. The minimum absolute atomic E-state index is 0.189. The van der Waals surface area contributed by atoms with E-state index in [4.69, 9.17) is 9.47 Å². The van der Waals surface area contributed by atoms with Crippen LogP contribution in [-0.2, 0) is 0 Å². The summed E-state index contributed by atoms with van der Waals surface area (Å²) in [5.74, 6) is 3.03. The van der Waals surface area contributed by atoms with E-state index in [2.05, 4.69) is 20.8 Å². The second-order valence-corrected chi connectivity index (χ2v) is 6.23. The highest BCUT2D eigenvalue weighted by Crippen LogP contribution is 2.49. The number of thioether (sulfide) groups is 1. The van der Waals surface area contributed by atoms with E-state index in [1.54, 1.807) is 20.3 Å². The Morgan fingerprint density at radius 1 is 1.21 bits per heavy atom. The van der Waals surface area contributed by atoms with Crippen molar-refractivity contribution < 1.29 is 14.6 Å². The van der Waals surface area contributed by atoms with Crippen LogP contribution in [0.3, 0.4) is 0 Å². The Bertz CT molecular complexity index is 430. The third-order valence-electron chi connectivity index (χ3n) is 3.08. The second kappa shape index (κ2) is 6.94. The second-order valence-electron chi connectivity index (χ2n) is 4.81. The van der Waals surface area contributed by atoms with Gasteiger partial charge in [0, 0.05) is 5.25 Å². The van der Waals surface area contributed by atoms with Gasteiger partial charge in [0.15, 0.2) is 11.5 Å². The summed E-state index contributed by atoms with van der Waals surface area (Å²) >= 11 is 1.81. The van der Waals surface area contributed by atoms with Crippen LogP contribution in [0.15, 0.2) is 6.07 Å². The van der Waals surface area contributed by atoms with Gasteiger partial charge >= 0.3 is 0 Å². The highest BCUT2D eigenvalue weighted by Gasteiger charge is 2.27. The van der Waals surface area contributed by atoms with Crippen LogP contribution >= 0.6 is 11.8 Å². The molecule has 0 aliphatic carbocycles. The van der Waals surface area contributed by atoms with Crippen LogP contribution in [0.2, 0.25) is 0 Å². The van der Waals surface area contributed by atoms with Gasteiger partial charge in [-0.05, 0) is 30.2 Å². The van der Waals surface area contributed by atoms with Gasteiger partial charge in [-0.15, -0.1) is 0 Å². The molecule has 1 rings (SSSR count). The molecule has 0 spiro atoms. The maximum atomic E-state index is 10.3. The van der Waals surface area contributed by atoms with Gasteiger partial charge in [0.1, 0.15) is 5.75 Å². The lowest BCUT2D eigenvalue weighted by molar-refractivity contribution is 0.342. The zero-order valence-corrected chi connectivity index (χ0v) is 13.4. The van der Waals surface area contributed by atoms with Crippen molar-refractivity contribution in [3.05, 3.63) is 17.2 Å². The molecular formula is C15H24O3S. The number of aryl methyl sites for hydroxylation is 1. The molecule has 0 amide bonds. The van der Waals surface area contributed by atoms with Crippen LogP contribution in [0.25, 0.3) is 0 Å². The molecule has 4 heteroatoms. The van der Waals surface area contributed by atoms with E-state index in [9.17, 15) is 5.11 Å². The standard InChI is InChI=1S/C15H24O3S/c1-7-19-15(9(2)3)12-11(16)8-10(4)13(17-5)14(12)18-6/h8-9,15-16H,7H2,1-6H3. The van der Waals surface area contributed by atoms with Gasteiger partial charge in [0.05, 0.1) is 19.8 Å². The van der Waals surface area contributed by atoms with Crippen molar-refractivity contribution in [3.63, 3.8) is 0 Å². The quantitative estimate of drug-likeness (QED) is 0.851.